The number of ether oxygens (including phenoxy) is 2. The van der Waals surface area contributed by atoms with Gasteiger partial charge in [0.05, 0.1) is 7.11 Å². The van der Waals surface area contributed by atoms with E-state index >= 15 is 0 Å². The number of esters is 1. The Morgan fingerprint density at radius 3 is 2.15 bits per heavy atom. The van der Waals surface area contributed by atoms with Crippen LogP contribution in [0.5, 0.6) is 0 Å². The number of carbonyl (C=O) groups is 2. The van der Waals surface area contributed by atoms with Crippen LogP contribution in [-0.2, 0) is 14.3 Å². The van der Waals surface area contributed by atoms with E-state index in [2.05, 4.69) is 10.1 Å². The highest BCUT2D eigenvalue weighted by Crippen LogP contribution is 2.08. The van der Waals surface area contributed by atoms with Crippen molar-refractivity contribution in [1.29, 1.82) is 0 Å². The molecule has 0 aromatic rings. The van der Waals surface area contributed by atoms with Crippen molar-refractivity contribution >= 4 is 36.9 Å². The normalized spacial score (nSPS) is 11.4. The summed E-state index contributed by atoms with van der Waals surface area (Å²) in [5.74, 6) is -0.474. The first-order chi connectivity index (χ1) is 8.30. The van der Waals surface area contributed by atoms with E-state index in [0.29, 0.717) is 13.0 Å². The molecule has 1 amide bonds. The lowest BCUT2D eigenvalue weighted by Gasteiger charge is -2.22. The molecule has 0 radical (unpaired) electrons. The fraction of sp³-hybridized carbons (Fsp3) is 0.833. The molecule has 0 aliphatic heterocycles. The predicted molar refractivity (Wildman–Crippen MR) is 82.6 cm³/mol. The molecule has 0 aromatic carbocycles. The molecule has 20 heavy (non-hydrogen) atoms. The van der Waals surface area contributed by atoms with Crippen LogP contribution in [0, 0.1) is 0 Å². The van der Waals surface area contributed by atoms with Gasteiger partial charge in [-0.2, -0.15) is 0 Å². The average molecular weight is 333 g/mol. The van der Waals surface area contributed by atoms with E-state index in [1.54, 1.807) is 20.8 Å². The number of hydrogen-bond donors (Lipinski definition) is 2. The lowest BCUT2D eigenvalue weighted by Crippen LogP contribution is -2.44. The smallest absolute Gasteiger partial charge is 0.408 e. The van der Waals surface area contributed by atoms with Gasteiger partial charge in [0.1, 0.15) is 11.6 Å². The summed E-state index contributed by atoms with van der Waals surface area (Å²) in [7, 11) is 1.29. The average Bonchev–Trinajstić information content (AvgIpc) is 2.24. The first-order valence-electron chi connectivity index (χ1n) is 6.07. The SMILES string of the molecule is COC(=O)C(CCCCN)NC(=O)OC(C)(C)C.Cl.Cl. The van der Waals surface area contributed by atoms with Crippen molar-refractivity contribution in [2.24, 2.45) is 5.73 Å². The minimum absolute atomic E-state index is 0. The fourth-order valence-corrected chi connectivity index (χ4v) is 1.33. The maximum absolute atomic E-state index is 11.6. The first-order valence-corrected chi connectivity index (χ1v) is 6.07. The molecule has 6 nitrogen and oxygen atoms in total. The Kier molecular flexibility index (Phi) is 14.7. The Bertz CT molecular complexity index is 283. The molecule has 0 spiro atoms. The Balaban J connectivity index is -0.00000144. The molecule has 1 unspecified atom stereocenters. The zero-order valence-corrected chi connectivity index (χ0v) is 14.1. The lowest BCUT2D eigenvalue weighted by atomic mass is 10.1. The summed E-state index contributed by atoms with van der Waals surface area (Å²) in [5, 5.41) is 2.51. The second-order valence-electron chi connectivity index (χ2n) is 5.01. The van der Waals surface area contributed by atoms with Crippen LogP contribution < -0.4 is 11.1 Å². The minimum atomic E-state index is -0.684. The zero-order chi connectivity index (χ0) is 14.2. The molecule has 0 fully saturated rings. The monoisotopic (exact) mass is 332 g/mol. The molecule has 8 heteroatoms. The highest BCUT2D eigenvalue weighted by molar-refractivity contribution is 5.85. The van der Waals surface area contributed by atoms with Gasteiger partial charge in [-0.1, -0.05) is 0 Å². The highest BCUT2D eigenvalue weighted by Gasteiger charge is 2.24. The summed E-state index contributed by atoms with van der Waals surface area (Å²) in [5.41, 5.74) is 4.78. The van der Waals surface area contributed by atoms with Crippen LogP contribution in [0.3, 0.4) is 0 Å². The number of amides is 1. The van der Waals surface area contributed by atoms with E-state index in [4.69, 9.17) is 10.5 Å². The minimum Gasteiger partial charge on any atom is -0.467 e. The molecule has 1 atom stereocenters. The maximum Gasteiger partial charge on any atom is 0.408 e. The van der Waals surface area contributed by atoms with Gasteiger partial charge in [-0.15, -0.1) is 24.8 Å². The van der Waals surface area contributed by atoms with Crippen molar-refractivity contribution in [2.75, 3.05) is 13.7 Å². The first kappa shape index (κ1) is 24.3. The zero-order valence-electron chi connectivity index (χ0n) is 12.4. The van der Waals surface area contributed by atoms with Crippen molar-refractivity contribution < 1.29 is 19.1 Å². The number of unbranched alkanes of at least 4 members (excludes halogenated alkanes) is 1. The summed E-state index contributed by atoms with van der Waals surface area (Å²) < 4.78 is 9.72. The quantitative estimate of drug-likeness (QED) is 0.573. The van der Waals surface area contributed by atoms with Crippen molar-refractivity contribution in [1.82, 2.24) is 5.32 Å². The van der Waals surface area contributed by atoms with Crippen molar-refractivity contribution in [3.63, 3.8) is 0 Å². The van der Waals surface area contributed by atoms with Crippen LogP contribution in [0.2, 0.25) is 0 Å². The molecule has 0 aliphatic rings. The Hall–Kier alpha value is -0.720. The van der Waals surface area contributed by atoms with Gasteiger partial charge in [0.15, 0.2) is 0 Å². The fourth-order valence-electron chi connectivity index (χ4n) is 1.33. The largest absolute Gasteiger partial charge is 0.467 e. The van der Waals surface area contributed by atoms with Crippen molar-refractivity contribution in [3.8, 4) is 0 Å². The third kappa shape index (κ3) is 12.3. The van der Waals surface area contributed by atoms with Crippen LogP contribution in [0.1, 0.15) is 40.0 Å². The topological polar surface area (TPSA) is 90.6 Å². The number of rotatable bonds is 6. The van der Waals surface area contributed by atoms with Gasteiger partial charge in [-0.05, 0) is 46.6 Å². The third-order valence-electron chi connectivity index (χ3n) is 2.12. The molecule has 0 aliphatic carbocycles. The molecular formula is C12H26Cl2N2O4. The molecule has 0 bridgehead atoms. The van der Waals surface area contributed by atoms with E-state index in [1.807, 2.05) is 0 Å². The van der Waals surface area contributed by atoms with Gasteiger partial charge in [0, 0.05) is 0 Å². The molecule has 122 valence electrons. The Labute approximate surface area is 132 Å². The van der Waals surface area contributed by atoms with E-state index in [0.717, 1.165) is 12.8 Å². The molecule has 0 saturated heterocycles. The van der Waals surface area contributed by atoms with E-state index < -0.39 is 23.7 Å². The number of nitrogens with one attached hydrogen (secondary N) is 1. The van der Waals surface area contributed by atoms with Gasteiger partial charge >= 0.3 is 12.1 Å². The summed E-state index contributed by atoms with van der Waals surface area (Å²) in [6.07, 6.45) is 1.41. The number of nitrogens with two attached hydrogens (primary N) is 1. The summed E-state index contributed by atoms with van der Waals surface area (Å²) in [6, 6.07) is -0.684. The second kappa shape index (κ2) is 12.1. The van der Waals surface area contributed by atoms with Gasteiger partial charge < -0.3 is 20.5 Å². The summed E-state index contributed by atoms with van der Waals surface area (Å²) >= 11 is 0. The number of methoxy groups -OCH3 is 1. The number of halogens is 2. The predicted octanol–water partition coefficient (Wildman–Crippen LogP) is 2.03. The number of hydrogen-bond acceptors (Lipinski definition) is 5. The Morgan fingerprint density at radius 1 is 1.20 bits per heavy atom. The maximum atomic E-state index is 11.6. The molecule has 3 N–H and O–H groups in total. The highest BCUT2D eigenvalue weighted by atomic mass is 35.5. The summed E-state index contributed by atoms with van der Waals surface area (Å²) in [6.45, 7) is 5.83. The van der Waals surface area contributed by atoms with Gasteiger partial charge in [-0.25, -0.2) is 9.59 Å². The standard InChI is InChI=1S/C12H24N2O4.2ClH/c1-12(2,3)18-11(16)14-9(10(15)17-4)7-5-6-8-13;;/h9H,5-8,13H2,1-4H3,(H,14,16);2*1H. The van der Waals surface area contributed by atoms with Crippen molar-refractivity contribution in [2.45, 2.75) is 51.7 Å². The van der Waals surface area contributed by atoms with Gasteiger partial charge in [0.25, 0.3) is 0 Å². The second-order valence-corrected chi connectivity index (χ2v) is 5.01. The third-order valence-corrected chi connectivity index (χ3v) is 2.12. The van der Waals surface area contributed by atoms with Gasteiger partial charge in [0.2, 0.25) is 0 Å². The van der Waals surface area contributed by atoms with Crippen LogP contribution >= 0.6 is 24.8 Å². The molecule has 0 saturated carbocycles. The number of alkyl carbamates (subject to hydrolysis) is 1. The van der Waals surface area contributed by atoms with E-state index in [1.165, 1.54) is 7.11 Å². The summed E-state index contributed by atoms with van der Waals surface area (Å²) in [4.78, 5) is 23.0. The van der Waals surface area contributed by atoms with Crippen LogP contribution in [0.15, 0.2) is 0 Å². The van der Waals surface area contributed by atoms with Crippen molar-refractivity contribution in [3.05, 3.63) is 0 Å². The Morgan fingerprint density at radius 2 is 1.75 bits per heavy atom. The van der Waals surface area contributed by atoms with E-state index in [-0.39, 0.29) is 24.8 Å². The van der Waals surface area contributed by atoms with Crippen LogP contribution in [-0.4, -0.2) is 37.4 Å². The van der Waals surface area contributed by atoms with E-state index in [9.17, 15) is 9.59 Å². The lowest BCUT2D eigenvalue weighted by molar-refractivity contribution is -0.143. The van der Waals surface area contributed by atoms with Crippen LogP contribution in [0.25, 0.3) is 0 Å². The van der Waals surface area contributed by atoms with Crippen LogP contribution in [0.4, 0.5) is 4.79 Å². The molecule has 0 heterocycles. The molecular weight excluding hydrogens is 307 g/mol. The molecule has 0 aromatic heterocycles. The molecule has 0 rings (SSSR count). The van der Waals surface area contributed by atoms with Gasteiger partial charge in [-0.3, -0.25) is 0 Å². The number of carbonyl (C=O) groups excluding carboxylic acids is 2.